The van der Waals surface area contributed by atoms with Gasteiger partial charge in [0.15, 0.2) is 22.7 Å². The van der Waals surface area contributed by atoms with Crippen molar-refractivity contribution in [3.8, 4) is 11.7 Å². The van der Waals surface area contributed by atoms with Crippen LogP contribution in [0.15, 0.2) is 48.4 Å². The molecule has 3 aromatic rings. The van der Waals surface area contributed by atoms with E-state index >= 15 is 0 Å². The predicted octanol–water partition coefficient (Wildman–Crippen LogP) is 3.00. The van der Waals surface area contributed by atoms with Crippen molar-refractivity contribution in [2.75, 3.05) is 0 Å². The van der Waals surface area contributed by atoms with Gasteiger partial charge in [-0.1, -0.05) is 6.58 Å². The summed E-state index contributed by atoms with van der Waals surface area (Å²) in [4.78, 5) is 33.8. The summed E-state index contributed by atoms with van der Waals surface area (Å²) in [5, 5.41) is 25.3. The number of fused-ring (bicyclic) bond motifs is 1. The SMILES string of the molecule is C=c1oc2c(=O)c(N=O)cc3c(O)occ(O)c(N=O)cc1cc32. The van der Waals surface area contributed by atoms with Gasteiger partial charge in [-0.05, 0) is 28.6 Å². The van der Waals surface area contributed by atoms with E-state index in [1.54, 1.807) is 0 Å². The Balaban J connectivity index is 2.73. The van der Waals surface area contributed by atoms with Crippen LogP contribution in [0.1, 0.15) is 0 Å². The van der Waals surface area contributed by atoms with Crippen molar-refractivity contribution in [1.29, 1.82) is 0 Å². The molecule has 0 aliphatic rings. The van der Waals surface area contributed by atoms with Crippen LogP contribution < -0.4 is 10.8 Å². The fraction of sp³-hybridized carbons (Fsp3) is 0. The number of benzene rings is 1. The Labute approximate surface area is 131 Å². The Morgan fingerprint density at radius 2 is 1.71 bits per heavy atom. The number of rotatable bonds is 2. The molecule has 2 heterocycles. The first-order chi connectivity index (χ1) is 11.5. The van der Waals surface area contributed by atoms with Gasteiger partial charge in [-0.15, -0.1) is 9.81 Å². The van der Waals surface area contributed by atoms with Crippen LogP contribution >= 0.6 is 0 Å². The van der Waals surface area contributed by atoms with E-state index in [4.69, 9.17) is 8.83 Å². The van der Waals surface area contributed by atoms with Crippen molar-refractivity contribution < 1.29 is 19.0 Å². The van der Waals surface area contributed by atoms with Crippen molar-refractivity contribution in [3.05, 3.63) is 49.9 Å². The van der Waals surface area contributed by atoms with Crippen LogP contribution in [0.25, 0.3) is 28.3 Å². The Kier molecular flexibility index (Phi) is 3.45. The largest absolute Gasteiger partial charge is 0.503 e. The van der Waals surface area contributed by atoms with E-state index < -0.39 is 28.5 Å². The lowest BCUT2D eigenvalue weighted by Crippen LogP contribution is -2.06. The molecule has 9 nitrogen and oxygen atoms in total. The molecule has 2 bridgehead atoms. The van der Waals surface area contributed by atoms with Crippen molar-refractivity contribution >= 4 is 39.7 Å². The van der Waals surface area contributed by atoms with Crippen molar-refractivity contribution in [1.82, 2.24) is 0 Å². The van der Waals surface area contributed by atoms with Crippen LogP contribution in [-0.2, 0) is 0 Å². The van der Waals surface area contributed by atoms with E-state index in [2.05, 4.69) is 16.9 Å². The van der Waals surface area contributed by atoms with Gasteiger partial charge in [0.05, 0.1) is 5.39 Å². The van der Waals surface area contributed by atoms with Crippen LogP contribution in [0, 0.1) is 9.81 Å². The smallest absolute Gasteiger partial charge is 0.290 e. The number of aromatic hydroxyl groups is 2. The minimum absolute atomic E-state index is 0.0245. The van der Waals surface area contributed by atoms with Gasteiger partial charge in [0.25, 0.3) is 11.4 Å². The van der Waals surface area contributed by atoms with Gasteiger partial charge in [-0.25, -0.2) is 0 Å². The van der Waals surface area contributed by atoms with E-state index in [0.717, 1.165) is 12.1 Å². The molecule has 0 fully saturated rings. The maximum Gasteiger partial charge on any atom is 0.290 e. The summed E-state index contributed by atoms with van der Waals surface area (Å²) in [6, 6.07) is 3.55. The molecule has 0 saturated carbocycles. The first kappa shape index (κ1) is 15.2. The normalized spacial score (nSPS) is 10.7. The third-order valence-corrected chi connectivity index (χ3v) is 3.37. The average Bonchev–Trinajstić information content (AvgIpc) is 2.58. The maximum absolute atomic E-state index is 12.1. The first-order valence-corrected chi connectivity index (χ1v) is 6.44. The molecule has 24 heavy (non-hydrogen) atoms. The van der Waals surface area contributed by atoms with Crippen LogP contribution in [0.3, 0.4) is 0 Å². The lowest BCUT2D eigenvalue weighted by Gasteiger charge is -2.03. The van der Waals surface area contributed by atoms with E-state index in [0.29, 0.717) is 6.26 Å². The number of nitrogens with zero attached hydrogens (tertiary/aromatic N) is 2. The highest BCUT2D eigenvalue weighted by Gasteiger charge is 2.15. The number of nitroso groups, excluding NO2 is 2. The topological polar surface area (TPSA) is 143 Å². The average molecular weight is 328 g/mol. The number of hydrogen-bond donors (Lipinski definition) is 2. The first-order valence-electron chi connectivity index (χ1n) is 6.44. The fourth-order valence-corrected chi connectivity index (χ4v) is 2.20. The van der Waals surface area contributed by atoms with E-state index in [9.17, 15) is 24.8 Å². The van der Waals surface area contributed by atoms with Gasteiger partial charge in [-0.2, -0.15) is 0 Å². The van der Waals surface area contributed by atoms with Gasteiger partial charge in [-0.3, -0.25) is 4.79 Å². The van der Waals surface area contributed by atoms with Gasteiger partial charge >= 0.3 is 0 Å². The monoisotopic (exact) mass is 328 g/mol. The molecule has 0 aliphatic heterocycles. The van der Waals surface area contributed by atoms with Gasteiger partial charge in [0, 0.05) is 10.8 Å². The fourth-order valence-electron chi connectivity index (χ4n) is 2.20. The van der Waals surface area contributed by atoms with Crippen LogP contribution in [0.4, 0.5) is 11.4 Å². The molecule has 120 valence electrons. The summed E-state index contributed by atoms with van der Waals surface area (Å²) in [6.45, 7) is 3.60. The van der Waals surface area contributed by atoms with Crippen LogP contribution in [0.2, 0.25) is 0 Å². The molecule has 0 radical (unpaired) electrons. The second kappa shape index (κ2) is 5.47. The maximum atomic E-state index is 12.1. The van der Waals surface area contributed by atoms with Gasteiger partial charge in [0.2, 0.25) is 0 Å². The second-order valence-corrected chi connectivity index (χ2v) is 4.78. The summed E-state index contributed by atoms with van der Waals surface area (Å²) in [7, 11) is 0. The number of hydrogen-bond acceptors (Lipinski definition) is 9. The van der Waals surface area contributed by atoms with Crippen molar-refractivity contribution in [3.63, 3.8) is 0 Å². The molecule has 3 rings (SSSR count). The summed E-state index contributed by atoms with van der Waals surface area (Å²) < 4.78 is 10.2. The van der Waals surface area contributed by atoms with Crippen LogP contribution in [0.5, 0.6) is 11.7 Å². The summed E-state index contributed by atoms with van der Waals surface area (Å²) >= 11 is 0. The standard InChI is InChI=1S/C15H8N2O7/c1-6-7-2-8-9(4-11(17-22)13(19)14(8)24-6)15(20)23-5-12(18)10(3-7)16-21/h2-5,18,20H,1H2. The van der Waals surface area contributed by atoms with Crippen LogP contribution in [-0.4, -0.2) is 10.2 Å². The molecule has 0 saturated heterocycles. The summed E-state index contributed by atoms with van der Waals surface area (Å²) in [6.07, 6.45) is 0.680. The Morgan fingerprint density at radius 1 is 1.00 bits per heavy atom. The quantitative estimate of drug-likeness (QED) is 0.688. The van der Waals surface area contributed by atoms with E-state index in [-0.39, 0.29) is 27.2 Å². The summed E-state index contributed by atoms with van der Waals surface area (Å²) in [5.74, 6) is -1.41. The highest BCUT2D eigenvalue weighted by Crippen LogP contribution is 2.31. The molecule has 9 heteroatoms. The zero-order valence-electron chi connectivity index (χ0n) is 11.8. The Morgan fingerprint density at radius 3 is 2.38 bits per heavy atom. The van der Waals surface area contributed by atoms with E-state index in [1.165, 1.54) is 6.07 Å². The van der Waals surface area contributed by atoms with Gasteiger partial charge in [0.1, 0.15) is 11.7 Å². The molecule has 2 aromatic heterocycles. The molecule has 0 aliphatic carbocycles. The molecule has 0 atom stereocenters. The molecular weight excluding hydrogens is 320 g/mol. The van der Waals surface area contributed by atoms with Gasteiger partial charge < -0.3 is 19.0 Å². The van der Waals surface area contributed by atoms with E-state index in [1.807, 2.05) is 0 Å². The molecule has 2 N–H and O–H groups in total. The highest BCUT2D eigenvalue weighted by atomic mass is 16.5. The zero-order valence-corrected chi connectivity index (χ0v) is 11.8. The Bertz CT molecular complexity index is 1160. The molecule has 0 amide bonds. The van der Waals surface area contributed by atoms with Crippen molar-refractivity contribution in [2.45, 2.75) is 0 Å². The molecule has 0 spiro atoms. The summed E-state index contributed by atoms with van der Waals surface area (Å²) in [5.41, 5.74) is -1.99. The zero-order chi connectivity index (χ0) is 17.4. The predicted molar refractivity (Wildman–Crippen MR) is 84.9 cm³/mol. The highest BCUT2D eigenvalue weighted by molar-refractivity contribution is 6.01. The minimum Gasteiger partial charge on any atom is -0.503 e. The second-order valence-electron chi connectivity index (χ2n) is 4.78. The third-order valence-electron chi connectivity index (χ3n) is 3.37. The van der Waals surface area contributed by atoms with Crippen molar-refractivity contribution in [2.24, 2.45) is 10.4 Å². The third kappa shape index (κ3) is 2.24. The Hall–Kier alpha value is -3.75. The molecule has 1 aromatic carbocycles. The lowest BCUT2D eigenvalue weighted by atomic mass is 10.1. The lowest BCUT2D eigenvalue weighted by molar-refractivity contribution is 0.323. The minimum atomic E-state index is -0.791. The molecule has 0 unspecified atom stereocenters. The molecular formula is C15H8N2O7.